The van der Waals surface area contributed by atoms with Crippen molar-refractivity contribution in [1.29, 1.82) is 0 Å². The van der Waals surface area contributed by atoms with Gasteiger partial charge in [0, 0.05) is 6.54 Å². The van der Waals surface area contributed by atoms with Crippen LogP contribution in [0.2, 0.25) is 0 Å². The van der Waals surface area contributed by atoms with Crippen LogP contribution in [-0.2, 0) is 11.3 Å². The van der Waals surface area contributed by atoms with Crippen molar-refractivity contribution in [2.75, 3.05) is 5.75 Å². The van der Waals surface area contributed by atoms with Gasteiger partial charge in [0.15, 0.2) is 5.16 Å². The summed E-state index contributed by atoms with van der Waals surface area (Å²) >= 11 is 1.43. The number of amides is 1. The summed E-state index contributed by atoms with van der Waals surface area (Å²) in [5.41, 5.74) is 1.15. The average Bonchev–Trinajstić information content (AvgIpc) is 2.92. The van der Waals surface area contributed by atoms with Crippen LogP contribution in [-0.4, -0.2) is 26.4 Å². The zero-order valence-corrected chi connectivity index (χ0v) is 15.6. The normalized spacial score (nSPS) is 12.4. The SMILES string of the molecule is CCn1c(C)nnc1SCC(=O)NC(CC(C)C)c1ccccc1. The maximum atomic E-state index is 12.4. The van der Waals surface area contributed by atoms with Gasteiger partial charge in [0.25, 0.3) is 0 Å². The molecule has 0 aliphatic carbocycles. The molecule has 24 heavy (non-hydrogen) atoms. The standard InChI is InChI=1S/C18H26N4OS/c1-5-22-14(4)20-21-18(22)24-12-17(23)19-16(11-13(2)3)15-9-7-6-8-10-15/h6-10,13,16H,5,11-12H2,1-4H3,(H,19,23). The van der Waals surface area contributed by atoms with Crippen LogP contribution in [0.25, 0.3) is 0 Å². The van der Waals surface area contributed by atoms with Crippen molar-refractivity contribution < 1.29 is 4.79 Å². The van der Waals surface area contributed by atoms with Crippen LogP contribution in [0.3, 0.4) is 0 Å². The summed E-state index contributed by atoms with van der Waals surface area (Å²) in [6.45, 7) is 9.12. The number of aryl methyl sites for hydroxylation is 1. The molecule has 1 heterocycles. The highest BCUT2D eigenvalue weighted by molar-refractivity contribution is 7.99. The van der Waals surface area contributed by atoms with Gasteiger partial charge < -0.3 is 9.88 Å². The Morgan fingerprint density at radius 3 is 2.58 bits per heavy atom. The second-order valence-electron chi connectivity index (χ2n) is 6.22. The summed E-state index contributed by atoms with van der Waals surface area (Å²) in [6.07, 6.45) is 0.921. The van der Waals surface area contributed by atoms with E-state index in [1.54, 1.807) is 0 Å². The molecule has 1 atom stereocenters. The summed E-state index contributed by atoms with van der Waals surface area (Å²) in [5, 5.41) is 12.2. The van der Waals surface area contributed by atoms with E-state index in [9.17, 15) is 4.79 Å². The number of hydrogen-bond donors (Lipinski definition) is 1. The third-order valence-corrected chi connectivity index (χ3v) is 4.76. The average molecular weight is 347 g/mol. The van der Waals surface area contributed by atoms with Crippen LogP contribution < -0.4 is 5.32 Å². The van der Waals surface area contributed by atoms with E-state index in [0.717, 1.165) is 29.5 Å². The molecule has 1 aromatic heterocycles. The highest BCUT2D eigenvalue weighted by Gasteiger charge is 2.17. The molecule has 0 bridgehead atoms. The van der Waals surface area contributed by atoms with Crippen LogP contribution in [0.15, 0.2) is 35.5 Å². The Hall–Kier alpha value is -1.82. The third kappa shape index (κ3) is 5.09. The molecule has 6 heteroatoms. The van der Waals surface area contributed by atoms with Crippen molar-refractivity contribution in [2.24, 2.45) is 5.92 Å². The minimum absolute atomic E-state index is 0.0257. The summed E-state index contributed by atoms with van der Waals surface area (Å²) in [4.78, 5) is 12.4. The zero-order chi connectivity index (χ0) is 17.5. The smallest absolute Gasteiger partial charge is 0.230 e. The Morgan fingerprint density at radius 1 is 1.25 bits per heavy atom. The van der Waals surface area contributed by atoms with Gasteiger partial charge >= 0.3 is 0 Å². The highest BCUT2D eigenvalue weighted by Crippen LogP contribution is 2.22. The lowest BCUT2D eigenvalue weighted by atomic mass is 9.97. The van der Waals surface area contributed by atoms with Crippen molar-refractivity contribution in [2.45, 2.75) is 51.9 Å². The minimum Gasteiger partial charge on any atom is -0.349 e. The number of hydrogen-bond acceptors (Lipinski definition) is 4. The van der Waals surface area contributed by atoms with Gasteiger partial charge in [-0.3, -0.25) is 4.79 Å². The van der Waals surface area contributed by atoms with Crippen molar-refractivity contribution in [3.05, 3.63) is 41.7 Å². The number of benzene rings is 1. The molecule has 130 valence electrons. The number of rotatable bonds is 8. The molecular formula is C18H26N4OS. The Labute approximate surface area is 148 Å². The van der Waals surface area contributed by atoms with Gasteiger partial charge in [-0.25, -0.2) is 0 Å². The van der Waals surface area contributed by atoms with Crippen LogP contribution in [0.1, 0.15) is 44.6 Å². The first-order valence-corrected chi connectivity index (χ1v) is 9.36. The molecular weight excluding hydrogens is 320 g/mol. The van der Waals surface area contributed by atoms with Crippen molar-refractivity contribution in [3.8, 4) is 0 Å². The van der Waals surface area contributed by atoms with Crippen LogP contribution >= 0.6 is 11.8 Å². The van der Waals surface area contributed by atoms with Gasteiger partial charge in [-0.05, 0) is 31.7 Å². The minimum atomic E-state index is 0.0257. The molecule has 5 nitrogen and oxygen atoms in total. The lowest BCUT2D eigenvalue weighted by molar-refractivity contribution is -0.119. The molecule has 1 unspecified atom stereocenters. The Balaban J connectivity index is 1.97. The third-order valence-electron chi connectivity index (χ3n) is 3.79. The van der Waals surface area contributed by atoms with E-state index in [4.69, 9.17) is 0 Å². The quantitative estimate of drug-likeness (QED) is 0.742. The summed E-state index contributed by atoms with van der Waals surface area (Å²) in [7, 11) is 0. The Morgan fingerprint density at radius 2 is 1.96 bits per heavy atom. The fourth-order valence-corrected chi connectivity index (χ4v) is 3.49. The number of carbonyl (C=O) groups is 1. The van der Waals surface area contributed by atoms with Crippen LogP contribution in [0.5, 0.6) is 0 Å². The maximum Gasteiger partial charge on any atom is 0.230 e. The molecule has 0 spiro atoms. The van der Waals surface area contributed by atoms with Gasteiger partial charge in [0.05, 0.1) is 11.8 Å². The summed E-state index contributed by atoms with van der Waals surface area (Å²) in [5.74, 6) is 1.76. The van der Waals surface area contributed by atoms with Gasteiger partial charge in [-0.1, -0.05) is 55.9 Å². The molecule has 2 rings (SSSR count). The van der Waals surface area contributed by atoms with Gasteiger partial charge in [-0.2, -0.15) is 0 Å². The first-order valence-electron chi connectivity index (χ1n) is 8.38. The van der Waals surface area contributed by atoms with E-state index in [1.807, 2.05) is 29.7 Å². The topological polar surface area (TPSA) is 59.8 Å². The molecule has 1 aromatic carbocycles. The van der Waals surface area contributed by atoms with Gasteiger partial charge in [0.2, 0.25) is 5.91 Å². The van der Waals surface area contributed by atoms with Crippen molar-refractivity contribution in [1.82, 2.24) is 20.1 Å². The van der Waals surface area contributed by atoms with E-state index in [-0.39, 0.29) is 11.9 Å². The predicted molar refractivity (Wildman–Crippen MR) is 97.9 cm³/mol. The molecule has 1 amide bonds. The fraction of sp³-hybridized carbons (Fsp3) is 0.500. The predicted octanol–water partition coefficient (Wildman–Crippen LogP) is 3.60. The Kier molecular flexibility index (Phi) is 6.85. The molecule has 0 aliphatic heterocycles. The van der Waals surface area contributed by atoms with Crippen molar-refractivity contribution >= 4 is 17.7 Å². The van der Waals surface area contributed by atoms with E-state index < -0.39 is 0 Å². The fourth-order valence-electron chi connectivity index (χ4n) is 2.63. The largest absolute Gasteiger partial charge is 0.349 e. The van der Waals surface area contributed by atoms with E-state index in [0.29, 0.717) is 11.7 Å². The monoisotopic (exact) mass is 346 g/mol. The second-order valence-corrected chi connectivity index (χ2v) is 7.17. The van der Waals surface area contributed by atoms with Crippen LogP contribution in [0.4, 0.5) is 0 Å². The Bertz CT molecular complexity index is 654. The molecule has 0 fully saturated rings. The maximum absolute atomic E-state index is 12.4. The molecule has 0 aliphatic rings. The van der Waals surface area contributed by atoms with E-state index in [2.05, 4.69) is 48.4 Å². The number of thioether (sulfide) groups is 1. The molecule has 0 saturated heterocycles. The summed E-state index contributed by atoms with van der Waals surface area (Å²) in [6, 6.07) is 10.2. The second kappa shape index (κ2) is 8.87. The lowest BCUT2D eigenvalue weighted by Crippen LogP contribution is -2.31. The van der Waals surface area contributed by atoms with Crippen molar-refractivity contribution in [3.63, 3.8) is 0 Å². The first kappa shape index (κ1) is 18.5. The molecule has 2 aromatic rings. The number of nitrogens with one attached hydrogen (secondary N) is 1. The number of aromatic nitrogens is 3. The lowest BCUT2D eigenvalue weighted by Gasteiger charge is -2.21. The van der Waals surface area contributed by atoms with Crippen LogP contribution in [0, 0.1) is 12.8 Å². The van der Waals surface area contributed by atoms with E-state index >= 15 is 0 Å². The van der Waals surface area contributed by atoms with Gasteiger partial charge in [0.1, 0.15) is 5.82 Å². The highest BCUT2D eigenvalue weighted by atomic mass is 32.2. The number of carbonyl (C=O) groups excluding carboxylic acids is 1. The number of nitrogens with zero attached hydrogens (tertiary/aromatic N) is 3. The summed E-state index contributed by atoms with van der Waals surface area (Å²) < 4.78 is 2.01. The molecule has 1 N–H and O–H groups in total. The zero-order valence-electron chi connectivity index (χ0n) is 14.8. The molecule has 0 saturated carbocycles. The molecule has 0 radical (unpaired) electrons. The van der Waals surface area contributed by atoms with Gasteiger partial charge in [-0.15, -0.1) is 10.2 Å². The first-order chi connectivity index (χ1) is 11.5. The van der Waals surface area contributed by atoms with E-state index in [1.165, 1.54) is 11.8 Å².